The van der Waals surface area contributed by atoms with Crippen molar-refractivity contribution in [1.82, 2.24) is 0 Å². The van der Waals surface area contributed by atoms with E-state index < -0.39 is 12.1 Å². The molecular weight excluding hydrogens is 218 g/mol. The molecule has 0 unspecified atom stereocenters. The number of anilines is 1. The maximum absolute atomic E-state index is 11.8. The SMILES string of the molecule is CC(=O)O[C@H](C)C(=O)Nc1c(C)cccc1C. The molecule has 1 rings (SSSR count). The van der Waals surface area contributed by atoms with Crippen LogP contribution in [-0.2, 0) is 14.3 Å². The van der Waals surface area contributed by atoms with Crippen LogP contribution in [0.25, 0.3) is 0 Å². The first-order valence-corrected chi connectivity index (χ1v) is 5.46. The van der Waals surface area contributed by atoms with Crippen LogP contribution in [0.1, 0.15) is 25.0 Å². The lowest BCUT2D eigenvalue weighted by Gasteiger charge is -2.15. The van der Waals surface area contributed by atoms with Crippen molar-refractivity contribution in [2.45, 2.75) is 33.8 Å². The van der Waals surface area contributed by atoms with Crippen molar-refractivity contribution in [3.63, 3.8) is 0 Å². The van der Waals surface area contributed by atoms with Gasteiger partial charge in [0.1, 0.15) is 0 Å². The van der Waals surface area contributed by atoms with Crippen molar-refractivity contribution in [2.24, 2.45) is 0 Å². The topological polar surface area (TPSA) is 55.4 Å². The Morgan fingerprint density at radius 3 is 2.24 bits per heavy atom. The number of amides is 1. The predicted molar refractivity (Wildman–Crippen MR) is 65.8 cm³/mol. The van der Waals surface area contributed by atoms with Gasteiger partial charge >= 0.3 is 5.97 Å². The van der Waals surface area contributed by atoms with Gasteiger partial charge in [-0.3, -0.25) is 9.59 Å². The normalized spacial score (nSPS) is 11.8. The molecule has 0 aromatic heterocycles. The number of para-hydroxylation sites is 1. The van der Waals surface area contributed by atoms with E-state index in [1.165, 1.54) is 6.92 Å². The number of rotatable bonds is 3. The Morgan fingerprint density at radius 2 is 1.76 bits per heavy atom. The standard InChI is InChI=1S/C13H17NO3/c1-8-6-5-7-9(2)12(8)14-13(16)10(3)17-11(4)15/h5-7,10H,1-4H3,(H,14,16)/t10-/m1/s1. The Morgan fingerprint density at radius 1 is 1.24 bits per heavy atom. The monoisotopic (exact) mass is 235 g/mol. The number of ether oxygens (including phenoxy) is 1. The van der Waals surface area contributed by atoms with Gasteiger partial charge in [0, 0.05) is 12.6 Å². The van der Waals surface area contributed by atoms with Crippen molar-refractivity contribution in [2.75, 3.05) is 5.32 Å². The van der Waals surface area contributed by atoms with Crippen LogP contribution >= 0.6 is 0 Å². The van der Waals surface area contributed by atoms with Crippen LogP contribution < -0.4 is 5.32 Å². The zero-order valence-corrected chi connectivity index (χ0v) is 10.5. The lowest BCUT2D eigenvalue weighted by molar-refractivity contribution is -0.150. The average Bonchev–Trinajstić information content (AvgIpc) is 2.22. The van der Waals surface area contributed by atoms with Crippen LogP contribution in [0.4, 0.5) is 5.69 Å². The first-order valence-electron chi connectivity index (χ1n) is 5.46. The van der Waals surface area contributed by atoms with Crippen LogP contribution in [0.3, 0.4) is 0 Å². The number of carbonyl (C=O) groups excluding carboxylic acids is 2. The molecule has 17 heavy (non-hydrogen) atoms. The van der Waals surface area contributed by atoms with E-state index in [1.807, 2.05) is 32.0 Å². The molecule has 0 bridgehead atoms. The average molecular weight is 235 g/mol. The summed E-state index contributed by atoms with van der Waals surface area (Å²) in [5, 5.41) is 2.77. The van der Waals surface area contributed by atoms with E-state index in [2.05, 4.69) is 5.32 Å². The molecule has 0 fully saturated rings. The second-order valence-corrected chi connectivity index (χ2v) is 4.01. The summed E-state index contributed by atoms with van der Waals surface area (Å²) in [5.74, 6) is -0.785. The summed E-state index contributed by atoms with van der Waals surface area (Å²) in [6.45, 7) is 6.66. The van der Waals surface area contributed by atoms with Gasteiger partial charge in [-0.25, -0.2) is 0 Å². The molecule has 92 valence electrons. The number of carbonyl (C=O) groups is 2. The number of nitrogens with one attached hydrogen (secondary N) is 1. The van der Waals surface area contributed by atoms with Gasteiger partial charge in [-0.1, -0.05) is 18.2 Å². The van der Waals surface area contributed by atoms with Crippen molar-refractivity contribution in [1.29, 1.82) is 0 Å². The zero-order chi connectivity index (χ0) is 13.0. The number of aryl methyl sites for hydroxylation is 2. The molecular formula is C13H17NO3. The summed E-state index contributed by atoms with van der Waals surface area (Å²) in [6.07, 6.45) is -0.786. The van der Waals surface area contributed by atoms with Gasteiger partial charge < -0.3 is 10.1 Å². The molecule has 1 aromatic rings. The summed E-state index contributed by atoms with van der Waals surface area (Å²) in [6, 6.07) is 5.76. The van der Waals surface area contributed by atoms with Gasteiger partial charge in [0.15, 0.2) is 6.10 Å². The number of esters is 1. The number of hydrogen-bond donors (Lipinski definition) is 1. The Labute approximate surface area is 101 Å². The second kappa shape index (κ2) is 5.48. The van der Waals surface area contributed by atoms with Crippen molar-refractivity contribution < 1.29 is 14.3 Å². The van der Waals surface area contributed by atoms with E-state index >= 15 is 0 Å². The molecule has 1 amide bonds. The summed E-state index contributed by atoms with van der Waals surface area (Å²) >= 11 is 0. The van der Waals surface area contributed by atoms with E-state index in [9.17, 15) is 9.59 Å². The Balaban J connectivity index is 2.78. The van der Waals surface area contributed by atoms with Gasteiger partial charge in [0.2, 0.25) is 0 Å². The van der Waals surface area contributed by atoms with Crippen molar-refractivity contribution >= 4 is 17.6 Å². The third-order valence-electron chi connectivity index (χ3n) is 2.44. The van der Waals surface area contributed by atoms with Crippen LogP contribution in [0.2, 0.25) is 0 Å². The number of benzene rings is 1. The van der Waals surface area contributed by atoms with Crippen molar-refractivity contribution in [3.8, 4) is 0 Å². The largest absolute Gasteiger partial charge is 0.453 e. The smallest absolute Gasteiger partial charge is 0.303 e. The molecule has 4 heteroatoms. The van der Waals surface area contributed by atoms with E-state index in [1.54, 1.807) is 6.92 Å². The minimum Gasteiger partial charge on any atom is -0.453 e. The quantitative estimate of drug-likeness (QED) is 0.817. The predicted octanol–water partition coefficient (Wildman–Crippen LogP) is 2.19. The molecule has 0 radical (unpaired) electrons. The van der Waals surface area contributed by atoms with E-state index in [0.29, 0.717) is 0 Å². The highest BCUT2D eigenvalue weighted by Gasteiger charge is 2.17. The second-order valence-electron chi connectivity index (χ2n) is 4.01. The minimum atomic E-state index is -0.786. The highest BCUT2D eigenvalue weighted by molar-refractivity contribution is 5.96. The van der Waals surface area contributed by atoms with Gasteiger partial charge in [-0.15, -0.1) is 0 Å². The first-order chi connectivity index (χ1) is 7.91. The molecule has 0 spiro atoms. The highest BCUT2D eigenvalue weighted by atomic mass is 16.5. The van der Waals surface area contributed by atoms with Gasteiger partial charge in [-0.05, 0) is 31.9 Å². The first kappa shape index (κ1) is 13.2. The third kappa shape index (κ3) is 3.59. The number of hydrogen-bond acceptors (Lipinski definition) is 3. The Kier molecular flexibility index (Phi) is 4.26. The van der Waals surface area contributed by atoms with Gasteiger partial charge in [-0.2, -0.15) is 0 Å². The lowest BCUT2D eigenvalue weighted by atomic mass is 10.1. The third-order valence-corrected chi connectivity index (χ3v) is 2.44. The summed E-state index contributed by atoms with van der Waals surface area (Å²) in [5.41, 5.74) is 2.73. The maximum atomic E-state index is 11.8. The molecule has 0 heterocycles. The summed E-state index contributed by atoms with van der Waals surface area (Å²) in [4.78, 5) is 22.5. The van der Waals surface area contributed by atoms with Crippen LogP contribution in [0.15, 0.2) is 18.2 Å². The fourth-order valence-electron chi connectivity index (χ4n) is 1.54. The summed E-state index contributed by atoms with van der Waals surface area (Å²) in [7, 11) is 0. The molecule has 1 N–H and O–H groups in total. The summed E-state index contributed by atoms with van der Waals surface area (Å²) < 4.78 is 4.81. The van der Waals surface area contributed by atoms with Crippen molar-refractivity contribution in [3.05, 3.63) is 29.3 Å². The van der Waals surface area contributed by atoms with Crippen LogP contribution in [0.5, 0.6) is 0 Å². The molecule has 0 saturated heterocycles. The van der Waals surface area contributed by atoms with E-state index in [-0.39, 0.29) is 5.91 Å². The fraction of sp³-hybridized carbons (Fsp3) is 0.385. The molecule has 4 nitrogen and oxygen atoms in total. The van der Waals surface area contributed by atoms with Crippen LogP contribution in [-0.4, -0.2) is 18.0 Å². The van der Waals surface area contributed by atoms with E-state index in [4.69, 9.17) is 4.74 Å². The van der Waals surface area contributed by atoms with Gasteiger partial charge in [0.05, 0.1) is 0 Å². The highest BCUT2D eigenvalue weighted by Crippen LogP contribution is 2.19. The molecule has 0 aliphatic rings. The van der Waals surface area contributed by atoms with Crippen LogP contribution in [0, 0.1) is 13.8 Å². The minimum absolute atomic E-state index is 0.322. The molecule has 0 aliphatic carbocycles. The fourth-order valence-corrected chi connectivity index (χ4v) is 1.54. The Bertz CT molecular complexity index is 420. The zero-order valence-electron chi connectivity index (χ0n) is 10.5. The molecule has 0 aliphatic heterocycles. The lowest BCUT2D eigenvalue weighted by Crippen LogP contribution is -2.29. The molecule has 1 aromatic carbocycles. The Hall–Kier alpha value is -1.84. The maximum Gasteiger partial charge on any atom is 0.303 e. The molecule has 1 atom stereocenters. The van der Waals surface area contributed by atoms with E-state index in [0.717, 1.165) is 16.8 Å². The van der Waals surface area contributed by atoms with Gasteiger partial charge in [0.25, 0.3) is 5.91 Å². The molecule has 0 saturated carbocycles.